The van der Waals surface area contributed by atoms with Crippen molar-refractivity contribution in [2.75, 3.05) is 6.54 Å². The SMILES string of the molecule is c1cc([C@H]2CCCCN2)c[nH]1. The van der Waals surface area contributed by atoms with Crippen LogP contribution in [0.5, 0.6) is 0 Å². The first-order valence-corrected chi connectivity index (χ1v) is 4.33. The van der Waals surface area contributed by atoms with Gasteiger partial charge < -0.3 is 10.3 Å². The molecule has 0 saturated carbocycles. The molecule has 0 aliphatic carbocycles. The highest BCUT2D eigenvalue weighted by molar-refractivity contribution is 5.14. The van der Waals surface area contributed by atoms with Gasteiger partial charge in [0.1, 0.15) is 0 Å². The standard InChI is InChI=1S/C9H14N2/c1-2-5-11-9(3-1)8-4-6-10-7-8/h4,6-7,9-11H,1-3,5H2/t9-/m1/s1. The van der Waals surface area contributed by atoms with Crippen LogP contribution in [0, 0.1) is 0 Å². The molecule has 1 aliphatic heterocycles. The van der Waals surface area contributed by atoms with E-state index in [0.29, 0.717) is 6.04 Å². The summed E-state index contributed by atoms with van der Waals surface area (Å²) in [5.74, 6) is 0. The van der Waals surface area contributed by atoms with Crippen molar-refractivity contribution in [2.45, 2.75) is 25.3 Å². The van der Waals surface area contributed by atoms with Crippen LogP contribution >= 0.6 is 0 Å². The Hall–Kier alpha value is -0.760. The number of aromatic amines is 1. The van der Waals surface area contributed by atoms with E-state index in [1.165, 1.54) is 31.4 Å². The summed E-state index contributed by atoms with van der Waals surface area (Å²) < 4.78 is 0. The van der Waals surface area contributed by atoms with Crippen LogP contribution in [0.25, 0.3) is 0 Å². The highest BCUT2D eigenvalue weighted by Crippen LogP contribution is 2.21. The van der Waals surface area contributed by atoms with Gasteiger partial charge in [-0.05, 0) is 31.0 Å². The van der Waals surface area contributed by atoms with Gasteiger partial charge in [-0.15, -0.1) is 0 Å². The molecule has 0 spiro atoms. The Balaban J connectivity index is 2.04. The Morgan fingerprint density at radius 2 is 2.36 bits per heavy atom. The van der Waals surface area contributed by atoms with E-state index in [0.717, 1.165) is 0 Å². The van der Waals surface area contributed by atoms with Gasteiger partial charge in [0, 0.05) is 18.4 Å². The normalized spacial score (nSPS) is 25.3. The molecule has 0 unspecified atom stereocenters. The van der Waals surface area contributed by atoms with Gasteiger partial charge in [-0.25, -0.2) is 0 Å². The van der Waals surface area contributed by atoms with Gasteiger partial charge in [0.05, 0.1) is 0 Å². The van der Waals surface area contributed by atoms with Gasteiger partial charge in [-0.2, -0.15) is 0 Å². The lowest BCUT2D eigenvalue weighted by Crippen LogP contribution is -2.26. The number of H-pyrrole nitrogens is 1. The molecule has 1 aliphatic rings. The smallest absolute Gasteiger partial charge is 0.0335 e. The fourth-order valence-corrected chi connectivity index (χ4v) is 1.69. The van der Waals surface area contributed by atoms with Crippen molar-refractivity contribution in [1.29, 1.82) is 0 Å². The number of rotatable bonds is 1. The molecule has 0 bridgehead atoms. The molecule has 1 aromatic heterocycles. The minimum Gasteiger partial charge on any atom is -0.367 e. The van der Waals surface area contributed by atoms with Gasteiger partial charge >= 0.3 is 0 Å². The van der Waals surface area contributed by atoms with Crippen molar-refractivity contribution < 1.29 is 0 Å². The fourth-order valence-electron chi connectivity index (χ4n) is 1.69. The van der Waals surface area contributed by atoms with Gasteiger partial charge in [-0.3, -0.25) is 0 Å². The van der Waals surface area contributed by atoms with Crippen molar-refractivity contribution in [3.63, 3.8) is 0 Å². The van der Waals surface area contributed by atoms with Crippen LogP contribution in [-0.4, -0.2) is 11.5 Å². The van der Waals surface area contributed by atoms with Crippen molar-refractivity contribution in [2.24, 2.45) is 0 Å². The molecule has 0 amide bonds. The van der Waals surface area contributed by atoms with E-state index in [1.54, 1.807) is 0 Å². The van der Waals surface area contributed by atoms with Crippen molar-refractivity contribution in [1.82, 2.24) is 10.3 Å². The highest BCUT2D eigenvalue weighted by atomic mass is 14.9. The Kier molecular flexibility index (Phi) is 1.95. The van der Waals surface area contributed by atoms with Crippen LogP contribution in [0.2, 0.25) is 0 Å². The summed E-state index contributed by atoms with van der Waals surface area (Å²) in [6, 6.07) is 2.76. The summed E-state index contributed by atoms with van der Waals surface area (Å²) in [7, 11) is 0. The number of hydrogen-bond donors (Lipinski definition) is 2. The molecule has 0 aromatic carbocycles. The van der Waals surface area contributed by atoms with Crippen molar-refractivity contribution in [3.05, 3.63) is 24.0 Å². The molecule has 2 nitrogen and oxygen atoms in total. The minimum atomic E-state index is 0.606. The molecule has 1 fully saturated rings. The molecule has 2 heteroatoms. The summed E-state index contributed by atoms with van der Waals surface area (Å²) in [6.07, 6.45) is 8.07. The zero-order valence-corrected chi connectivity index (χ0v) is 6.64. The van der Waals surface area contributed by atoms with Crippen LogP contribution < -0.4 is 5.32 Å². The number of hydrogen-bond acceptors (Lipinski definition) is 1. The second-order valence-corrected chi connectivity index (χ2v) is 3.15. The van der Waals surface area contributed by atoms with E-state index in [9.17, 15) is 0 Å². The van der Waals surface area contributed by atoms with Gasteiger partial charge in [0.25, 0.3) is 0 Å². The Morgan fingerprint density at radius 3 is 3.00 bits per heavy atom. The van der Waals surface area contributed by atoms with Crippen molar-refractivity contribution in [3.8, 4) is 0 Å². The number of aromatic nitrogens is 1. The molecule has 2 rings (SSSR count). The third kappa shape index (κ3) is 1.46. The quantitative estimate of drug-likeness (QED) is 0.628. The Labute approximate surface area is 67.0 Å². The topological polar surface area (TPSA) is 27.8 Å². The van der Waals surface area contributed by atoms with Gasteiger partial charge in [0.15, 0.2) is 0 Å². The van der Waals surface area contributed by atoms with E-state index < -0.39 is 0 Å². The number of piperidine rings is 1. The summed E-state index contributed by atoms with van der Waals surface area (Å²) in [4.78, 5) is 3.09. The molecule has 1 aromatic rings. The molecule has 2 heterocycles. The maximum Gasteiger partial charge on any atom is 0.0335 e. The lowest BCUT2D eigenvalue weighted by Gasteiger charge is -2.22. The largest absolute Gasteiger partial charge is 0.367 e. The van der Waals surface area contributed by atoms with Crippen LogP contribution in [0.1, 0.15) is 30.9 Å². The summed E-state index contributed by atoms with van der Waals surface area (Å²) >= 11 is 0. The van der Waals surface area contributed by atoms with Crippen LogP contribution in [-0.2, 0) is 0 Å². The predicted octanol–water partition coefficient (Wildman–Crippen LogP) is 1.83. The highest BCUT2D eigenvalue weighted by Gasteiger charge is 2.13. The van der Waals surface area contributed by atoms with E-state index in [4.69, 9.17) is 0 Å². The summed E-state index contributed by atoms with van der Waals surface area (Å²) in [5.41, 5.74) is 1.41. The zero-order chi connectivity index (χ0) is 7.52. The molecule has 11 heavy (non-hydrogen) atoms. The predicted molar refractivity (Wildman–Crippen MR) is 45.4 cm³/mol. The van der Waals surface area contributed by atoms with E-state index in [-0.39, 0.29) is 0 Å². The minimum absolute atomic E-state index is 0.606. The second kappa shape index (κ2) is 3.09. The average molecular weight is 150 g/mol. The van der Waals surface area contributed by atoms with E-state index >= 15 is 0 Å². The average Bonchev–Trinajstić information content (AvgIpc) is 2.58. The van der Waals surface area contributed by atoms with Crippen LogP contribution in [0.15, 0.2) is 18.5 Å². The molecule has 1 atom stereocenters. The Morgan fingerprint density at radius 1 is 1.36 bits per heavy atom. The zero-order valence-electron chi connectivity index (χ0n) is 6.64. The monoisotopic (exact) mass is 150 g/mol. The first kappa shape index (κ1) is 6.92. The molecule has 60 valence electrons. The lowest BCUT2D eigenvalue weighted by atomic mass is 10.0. The Bertz CT molecular complexity index is 197. The molecule has 2 N–H and O–H groups in total. The second-order valence-electron chi connectivity index (χ2n) is 3.15. The third-order valence-electron chi connectivity index (χ3n) is 2.33. The first-order valence-electron chi connectivity index (χ1n) is 4.33. The maximum atomic E-state index is 3.50. The summed E-state index contributed by atoms with van der Waals surface area (Å²) in [6.45, 7) is 1.18. The van der Waals surface area contributed by atoms with Crippen LogP contribution in [0.4, 0.5) is 0 Å². The van der Waals surface area contributed by atoms with Crippen LogP contribution in [0.3, 0.4) is 0 Å². The molecular weight excluding hydrogens is 136 g/mol. The summed E-state index contributed by atoms with van der Waals surface area (Å²) in [5, 5.41) is 3.50. The fraction of sp³-hybridized carbons (Fsp3) is 0.556. The maximum absolute atomic E-state index is 3.50. The molecule has 1 saturated heterocycles. The first-order chi connectivity index (χ1) is 5.47. The number of nitrogens with one attached hydrogen (secondary N) is 2. The molecule has 0 radical (unpaired) electrons. The van der Waals surface area contributed by atoms with Gasteiger partial charge in [0.2, 0.25) is 0 Å². The van der Waals surface area contributed by atoms with E-state index in [2.05, 4.69) is 22.6 Å². The third-order valence-corrected chi connectivity index (χ3v) is 2.33. The van der Waals surface area contributed by atoms with E-state index in [1.807, 2.05) is 6.20 Å². The molecular formula is C9H14N2. The van der Waals surface area contributed by atoms with Crippen molar-refractivity contribution >= 4 is 0 Å². The van der Waals surface area contributed by atoms with Gasteiger partial charge in [-0.1, -0.05) is 6.42 Å². The lowest BCUT2D eigenvalue weighted by molar-refractivity contribution is 0.412.